The van der Waals surface area contributed by atoms with Gasteiger partial charge in [0.05, 0.1) is 27.7 Å². The van der Waals surface area contributed by atoms with Crippen LogP contribution in [0.15, 0.2) is 48.6 Å². The number of carbonyl (C=O) groups is 2. The van der Waals surface area contributed by atoms with E-state index in [1.165, 1.54) is 238 Å². The lowest BCUT2D eigenvalue weighted by molar-refractivity contribution is -0.870. The lowest BCUT2D eigenvalue weighted by atomic mass is 10.0. The highest BCUT2D eigenvalue weighted by molar-refractivity contribution is 7.45. The molecule has 0 bridgehead atoms. The molecule has 0 aliphatic rings. The number of ether oxygens (including phenoxy) is 2. The maximum atomic E-state index is 12.7. The Kier molecular flexibility index (Phi) is 59.0. The Morgan fingerprint density at radius 1 is 0.405 bits per heavy atom. The molecule has 10 heteroatoms. The van der Waals surface area contributed by atoms with Gasteiger partial charge in [-0.2, -0.15) is 0 Å². The largest absolute Gasteiger partial charge is 0.756 e. The fourth-order valence-electron chi connectivity index (χ4n) is 9.95. The van der Waals surface area contributed by atoms with Gasteiger partial charge in [-0.1, -0.05) is 313 Å². The molecule has 79 heavy (non-hydrogen) atoms. The number of carbonyl (C=O) groups excluding carboxylic acids is 2. The van der Waals surface area contributed by atoms with E-state index >= 15 is 0 Å². The summed E-state index contributed by atoms with van der Waals surface area (Å²) < 4.78 is 34.1. The number of quaternary nitrogens is 1. The summed E-state index contributed by atoms with van der Waals surface area (Å²) >= 11 is 0. The smallest absolute Gasteiger partial charge is 0.306 e. The van der Waals surface area contributed by atoms with Crippen molar-refractivity contribution in [2.45, 2.75) is 335 Å². The lowest BCUT2D eigenvalue weighted by Crippen LogP contribution is -2.37. The van der Waals surface area contributed by atoms with Gasteiger partial charge < -0.3 is 27.9 Å². The topological polar surface area (TPSA) is 111 Å². The van der Waals surface area contributed by atoms with Crippen molar-refractivity contribution >= 4 is 19.8 Å². The molecule has 0 rings (SSSR count). The summed E-state index contributed by atoms with van der Waals surface area (Å²) in [4.78, 5) is 37.8. The Hall–Kier alpha value is -2.03. The molecule has 0 amide bonds. The summed E-state index contributed by atoms with van der Waals surface area (Å²) in [6, 6.07) is 0. The predicted molar refractivity (Wildman–Crippen MR) is 337 cm³/mol. The molecule has 2 unspecified atom stereocenters. The number of phosphoric acid groups is 1. The Balaban J connectivity index is 3.84. The third-order valence-electron chi connectivity index (χ3n) is 15.1. The van der Waals surface area contributed by atoms with Gasteiger partial charge in [0.2, 0.25) is 0 Å². The first-order chi connectivity index (χ1) is 38.5. The van der Waals surface area contributed by atoms with E-state index < -0.39 is 26.5 Å². The zero-order chi connectivity index (χ0) is 57.7. The van der Waals surface area contributed by atoms with Crippen molar-refractivity contribution in [2.24, 2.45) is 0 Å². The van der Waals surface area contributed by atoms with Crippen molar-refractivity contribution in [1.82, 2.24) is 0 Å². The van der Waals surface area contributed by atoms with Gasteiger partial charge >= 0.3 is 11.9 Å². The van der Waals surface area contributed by atoms with Crippen molar-refractivity contribution in [1.29, 1.82) is 0 Å². The maximum absolute atomic E-state index is 12.7. The van der Waals surface area contributed by atoms with E-state index in [9.17, 15) is 19.0 Å². The molecular formula is C69H130NO8P. The first-order valence-electron chi connectivity index (χ1n) is 33.8. The first kappa shape index (κ1) is 77.0. The Bertz CT molecular complexity index is 1470. The number of likely N-dealkylation sites (N-methyl/N-ethyl adjacent to an activating group) is 1. The SMILES string of the molecule is CC/C=C\C/C=C\C/C=C\C/C=C\CCCCC(=O)OC(COC(=O)CCCCCCCCCCCCCCCCCCCCCCCCCCCCCCCCCCCCCCCCCC)COP(=O)([O-])OCC[N+](C)(C)C. The predicted octanol–water partition coefficient (Wildman–Crippen LogP) is 21.0. The quantitative estimate of drug-likeness (QED) is 0.0195. The van der Waals surface area contributed by atoms with Gasteiger partial charge in [0.25, 0.3) is 7.82 Å². The number of hydrogen-bond donors (Lipinski definition) is 0. The Morgan fingerprint density at radius 3 is 1.08 bits per heavy atom. The molecule has 0 aromatic heterocycles. The van der Waals surface area contributed by atoms with Crippen LogP contribution in [-0.4, -0.2) is 70.0 Å². The summed E-state index contributed by atoms with van der Waals surface area (Å²) in [7, 11) is 1.15. The molecule has 0 aliphatic heterocycles. The molecule has 0 radical (unpaired) electrons. The molecule has 0 heterocycles. The van der Waals surface area contributed by atoms with E-state index in [1.807, 2.05) is 21.1 Å². The summed E-state index contributed by atoms with van der Waals surface area (Å²) in [6.45, 7) is 4.11. The molecule has 0 saturated heterocycles. The van der Waals surface area contributed by atoms with Crippen LogP contribution in [0.2, 0.25) is 0 Å². The second-order valence-electron chi connectivity index (χ2n) is 24.2. The molecule has 0 spiro atoms. The highest BCUT2D eigenvalue weighted by atomic mass is 31.2. The minimum Gasteiger partial charge on any atom is -0.756 e. The molecule has 0 aromatic carbocycles. The molecule has 0 saturated carbocycles. The van der Waals surface area contributed by atoms with E-state index in [0.29, 0.717) is 17.4 Å². The van der Waals surface area contributed by atoms with Crippen LogP contribution in [0.25, 0.3) is 0 Å². The molecular weight excluding hydrogens is 1000 g/mol. The normalized spacial score (nSPS) is 13.4. The van der Waals surface area contributed by atoms with Crippen molar-refractivity contribution in [2.75, 3.05) is 47.5 Å². The van der Waals surface area contributed by atoms with Crippen LogP contribution in [0.1, 0.15) is 328 Å². The standard InChI is InChI=1S/C69H130NO8P/c1-6-8-10-12-14-16-18-20-22-23-24-25-26-27-28-29-30-31-32-33-34-35-36-37-38-39-40-41-42-43-44-45-46-48-49-51-53-55-57-59-61-68(71)75-65-67(66-77-79(73,74)76-64-63-70(3,4)5)78-69(72)62-60-58-56-54-52-50-47-21-19-17-15-13-11-9-7-2/h9,11,15,17,21,47,52,54,67H,6-8,10,12-14,16,18-20,22-46,48-51,53,55-66H2,1-5H3/b11-9-,17-15-,47-21-,54-52-. The number of allylic oxidation sites excluding steroid dienone is 8. The molecule has 0 aliphatic carbocycles. The van der Waals surface area contributed by atoms with Crippen molar-refractivity contribution in [3.05, 3.63) is 48.6 Å². The van der Waals surface area contributed by atoms with Crippen molar-refractivity contribution in [3.63, 3.8) is 0 Å². The fourth-order valence-corrected chi connectivity index (χ4v) is 10.7. The third-order valence-corrected chi connectivity index (χ3v) is 16.1. The van der Waals surface area contributed by atoms with Crippen LogP contribution in [0.4, 0.5) is 0 Å². The Labute approximate surface area is 490 Å². The summed E-state index contributed by atoms with van der Waals surface area (Å²) in [5.41, 5.74) is 0. The molecule has 0 N–H and O–H groups in total. The van der Waals surface area contributed by atoms with E-state index in [-0.39, 0.29) is 32.0 Å². The summed E-state index contributed by atoms with van der Waals surface area (Å²) in [6.07, 6.45) is 78.1. The fraction of sp³-hybridized carbons (Fsp3) is 0.855. The average Bonchev–Trinajstić information content (AvgIpc) is 3.41. The number of hydrogen-bond acceptors (Lipinski definition) is 8. The number of rotatable bonds is 63. The van der Waals surface area contributed by atoms with Gasteiger partial charge in [-0.25, -0.2) is 0 Å². The summed E-state index contributed by atoms with van der Waals surface area (Å²) in [5.74, 6) is -0.872. The highest BCUT2D eigenvalue weighted by Gasteiger charge is 2.22. The zero-order valence-electron chi connectivity index (χ0n) is 52.8. The minimum atomic E-state index is -4.65. The lowest BCUT2D eigenvalue weighted by Gasteiger charge is -2.28. The van der Waals surface area contributed by atoms with E-state index in [1.54, 1.807) is 0 Å². The molecule has 2 atom stereocenters. The second-order valence-corrected chi connectivity index (χ2v) is 25.6. The maximum Gasteiger partial charge on any atom is 0.306 e. The van der Waals surface area contributed by atoms with Crippen LogP contribution < -0.4 is 4.89 Å². The first-order valence-corrected chi connectivity index (χ1v) is 35.3. The van der Waals surface area contributed by atoms with Crippen LogP contribution in [-0.2, 0) is 32.7 Å². The van der Waals surface area contributed by atoms with Gasteiger partial charge in [0, 0.05) is 12.8 Å². The third kappa shape index (κ3) is 65.0. The molecule has 0 aromatic rings. The van der Waals surface area contributed by atoms with E-state index in [0.717, 1.165) is 57.8 Å². The van der Waals surface area contributed by atoms with E-state index in [4.69, 9.17) is 18.5 Å². The number of nitrogens with zero attached hydrogens (tertiary/aromatic N) is 1. The summed E-state index contributed by atoms with van der Waals surface area (Å²) in [5, 5.41) is 0. The monoisotopic (exact) mass is 1130 g/mol. The van der Waals surface area contributed by atoms with Gasteiger partial charge in [-0.3, -0.25) is 14.2 Å². The minimum absolute atomic E-state index is 0.0389. The second kappa shape index (κ2) is 60.6. The molecule has 0 fully saturated rings. The van der Waals surface area contributed by atoms with Crippen LogP contribution in [0, 0.1) is 0 Å². The van der Waals surface area contributed by atoms with Gasteiger partial charge in [-0.05, 0) is 51.4 Å². The van der Waals surface area contributed by atoms with Gasteiger partial charge in [0.15, 0.2) is 6.10 Å². The zero-order valence-corrected chi connectivity index (χ0v) is 53.7. The van der Waals surface area contributed by atoms with Gasteiger partial charge in [-0.15, -0.1) is 0 Å². The molecule has 9 nitrogen and oxygen atoms in total. The van der Waals surface area contributed by atoms with E-state index in [2.05, 4.69) is 62.5 Å². The van der Waals surface area contributed by atoms with Crippen LogP contribution in [0.5, 0.6) is 0 Å². The highest BCUT2D eigenvalue weighted by Crippen LogP contribution is 2.38. The number of phosphoric ester groups is 1. The van der Waals surface area contributed by atoms with Crippen molar-refractivity contribution in [3.8, 4) is 0 Å². The van der Waals surface area contributed by atoms with Gasteiger partial charge in [0.1, 0.15) is 19.8 Å². The Morgan fingerprint density at radius 2 is 0.722 bits per heavy atom. The number of unbranched alkanes of at least 4 members (excludes halogenated alkanes) is 41. The number of esters is 2. The van der Waals surface area contributed by atoms with Crippen molar-refractivity contribution < 1.29 is 42.1 Å². The van der Waals surface area contributed by atoms with Crippen LogP contribution in [0.3, 0.4) is 0 Å². The average molecular weight is 1130 g/mol. The van der Waals surface area contributed by atoms with Crippen LogP contribution >= 0.6 is 7.82 Å². The molecule has 464 valence electrons.